The third-order valence-electron chi connectivity index (χ3n) is 5.13. The molecule has 1 aromatic rings. The molecular weight excluding hydrogens is 297 g/mol. The average Bonchev–Trinajstić information content (AvgIpc) is 3.40. The Bertz CT molecular complexity index is 536. The van der Waals surface area contributed by atoms with Gasteiger partial charge in [0.25, 0.3) is 0 Å². The second-order valence-electron chi connectivity index (χ2n) is 6.63. The third-order valence-corrected chi connectivity index (χ3v) is 5.13. The monoisotopic (exact) mass is 321 g/mol. The summed E-state index contributed by atoms with van der Waals surface area (Å²) in [6.45, 7) is 1.13. The molecular formula is C18H24FNO3. The molecule has 1 amide bonds. The number of amides is 1. The summed E-state index contributed by atoms with van der Waals surface area (Å²) in [5.74, 6) is 0.168. The molecule has 1 aliphatic heterocycles. The lowest BCUT2D eigenvalue weighted by atomic mass is 9.73. The van der Waals surface area contributed by atoms with E-state index in [1.54, 1.807) is 12.1 Å². The Morgan fingerprint density at radius 1 is 1.30 bits per heavy atom. The van der Waals surface area contributed by atoms with Crippen LogP contribution in [-0.4, -0.2) is 36.9 Å². The van der Waals surface area contributed by atoms with Crippen molar-refractivity contribution in [2.45, 2.75) is 43.6 Å². The summed E-state index contributed by atoms with van der Waals surface area (Å²) in [6.07, 6.45) is 4.00. The number of hydrogen-bond acceptors (Lipinski definition) is 3. The number of halogens is 1. The molecule has 4 nitrogen and oxygen atoms in total. The number of carbonyl (C=O) groups excluding carboxylic acids is 1. The molecule has 0 radical (unpaired) electrons. The molecule has 5 heteroatoms. The van der Waals surface area contributed by atoms with Crippen molar-refractivity contribution in [2.24, 2.45) is 5.92 Å². The van der Waals surface area contributed by atoms with E-state index in [9.17, 15) is 14.3 Å². The van der Waals surface area contributed by atoms with Crippen LogP contribution in [0.5, 0.6) is 0 Å². The van der Waals surface area contributed by atoms with E-state index in [0.717, 1.165) is 18.4 Å². The van der Waals surface area contributed by atoms with E-state index in [-0.39, 0.29) is 24.4 Å². The number of hydrogen-bond donors (Lipinski definition) is 2. The van der Waals surface area contributed by atoms with Crippen LogP contribution in [0.25, 0.3) is 0 Å². The fraction of sp³-hybridized carbons (Fsp3) is 0.611. The van der Waals surface area contributed by atoms with E-state index in [2.05, 4.69) is 5.32 Å². The molecule has 1 atom stereocenters. The number of rotatable bonds is 6. The number of benzene rings is 1. The Kier molecular flexibility index (Phi) is 4.97. The van der Waals surface area contributed by atoms with Gasteiger partial charge in [-0.1, -0.05) is 12.1 Å². The van der Waals surface area contributed by atoms with Crippen molar-refractivity contribution in [1.82, 2.24) is 5.32 Å². The predicted octanol–water partition coefficient (Wildman–Crippen LogP) is 2.15. The van der Waals surface area contributed by atoms with E-state index in [1.807, 2.05) is 0 Å². The molecule has 0 aromatic heterocycles. The zero-order valence-corrected chi connectivity index (χ0v) is 13.3. The van der Waals surface area contributed by atoms with Gasteiger partial charge in [0, 0.05) is 25.9 Å². The molecule has 3 rings (SSSR count). The predicted molar refractivity (Wildman–Crippen MR) is 84.5 cm³/mol. The van der Waals surface area contributed by atoms with Crippen LogP contribution in [0.15, 0.2) is 24.3 Å². The van der Waals surface area contributed by atoms with Crippen molar-refractivity contribution < 1.29 is 19.0 Å². The van der Waals surface area contributed by atoms with Gasteiger partial charge < -0.3 is 15.2 Å². The zero-order chi connectivity index (χ0) is 16.3. The maximum Gasteiger partial charge on any atom is 0.231 e. The minimum absolute atomic E-state index is 0.0160. The van der Waals surface area contributed by atoms with Crippen LogP contribution in [0.1, 0.15) is 37.7 Å². The van der Waals surface area contributed by atoms with Crippen molar-refractivity contribution >= 4 is 5.91 Å². The summed E-state index contributed by atoms with van der Waals surface area (Å²) in [7, 11) is 0. The summed E-state index contributed by atoms with van der Waals surface area (Å²) < 4.78 is 18.7. The van der Waals surface area contributed by atoms with E-state index in [1.165, 1.54) is 12.1 Å². The lowest BCUT2D eigenvalue weighted by molar-refractivity contribution is -0.131. The molecule has 0 bridgehead atoms. The number of ether oxygens (including phenoxy) is 1. The lowest BCUT2D eigenvalue weighted by Crippen LogP contribution is -2.51. The van der Waals surface area contributed by atoms with Crippen LogP contribution >= 0.6 is 0 Å². The minimum Gasteiger partial charge on any atom is -0.396 e. The third kappa shape index (κ3) is 3.56. The molecule has 1 aliphatic carbocycles. The van der Waals surface area contributed by atoms with E-state index < -0.39 is 5.41 Å². The maximum atomic E-state index is 13.3. The second-order valence-corrected chi connectivity index (χ2v) is 6.63. The summed E-state index contributed by atoms with van der Waals surface area (Å²) in [6, 6.07) is 6.27. The fourth-order valence-corrected chi connectivity index (χ4v) is 3.51. The summed E-state index contributed by atoms with van der Waals surface area (Å²) in [5.41, 5.74) is 0.187. The van der Waals surface area contributed by atoms with Gasteiger partial charge in [-0.3, -0.25) is 4.79 Å². The van der Waals surface area contributed by atoms with Crippen LogP contribution < -0.4 is 5.32 Å². The molecule has 1 heterocycles. The highest BCUT2D eigenvalue weighted by Crippen LogP contribution is 2.38. The summed E-state index contributed by atoms with van der Waals surface area (Å²) in [4.78, 5) is 13.1. The Morgan fingerprint density at radius 2 is 1.96 bits per heavy atom. The Labute approximate surface area is 136 Å². The van der Waals surface area contributed by atoms with Gasteiger partial charge in [-0.2, -0.15) is 0 Å². The highest BCUT2D eigenvalue weighted by molar-refractivity contribution is 5.88. The van der Waals surface area contributed by atoms with Gasteiger partial charge in [-0.25, -0.2) is 4.39 Å². The second kappa shape index (κ2) is 6.97. The molecule has 1 unspecified atom stereocenters. The first-order chi connectivity index (χ1) is 11.2. The van der Waals surface area contributed by atoms with Crippen LogP contribution in [0.3, 0.4) is 0 Å². The van der Waals surface area contributed by atoms with Gasteiger partial charge in [-0.15, -0.1) is 0 Å². The molecule has 1 aromatic carbocycles. The van der Waals surface area contributed by atoms with E-state index >= 15 is 0 Å². The van der Waals surface area contributed by atoms with Gasteiger partial charge in [0.15, 0.2) is 0 Å². The Hall–Kier alpha value is -1.46. The SMILES string of the molecule is O=C(NC(CCO)C1CC1)C1(c2ccc(F)cc2)CCOCC1. The van der Waals surface area contributed by atoms with Crippen molar-refractivity contribution in [1.29, 1.82) is 0 Å². The normalized spacial score (nSPS) is 21.7. The summed E-state index contributed by atoms with van der Waals surface area (Å²) in [5, 5.41) is 12.4. The first-order valence-corrected chi connectivity index (χ1v) is 8.41. The molecule has 2 aliphatic rings. The highest BCUT2D eigenvalue weighted by Gasteiger charge is 2.43. The van der Waals surface area contributed by atoms with Crippen molar-refractivity contribution in [3.05, 3.63) is 35.6 Å². The Balaban J connectivity index is 1.82. The summed E-state index contributed by atoms with van der Waals surface area (Å²) >= 11 is 0. The highest BCUT2D eigenvalue weighted by atomic mass is 19.1. The first-order valence-electron chi connectivity index (χ1n) is 8.41. The number of aliphatic hydroxyl groups is 1. The number of carbonyl (C=O) groups is 1. The van der Waals surface area contributed by atoms with Crippen LogP contribution in [0.4, 0.5) is 4.39 Å². The van der Waals surface area contributed by atoms with Gasteiger partial charge in [0.1, 0.15) is 5.82 Å². The molecule has 0 spiro atoms. The molecule has 126 valence electrons. The van der Waals surface area contributed by atoms with Gasteiger partial charge in [0.2, 0.25) is 5.91 Å². The number of aliphatic hydroxyl groups excluding tert-OH is 1. The number of nitrogens with one attached hydrogen (secondary N) is 1. The topological polar surface area (TPSA) is 58.6 Å². The minimum atomic E-state index is -0.658. The fourth-order valence-electron chi connectivity index (χ4n) is 3.51. The van der Waals surface area contributed by atoms with Gasteiger partial charge in [-0.05, 0) is 55.7 Å². The van der Waals surface area contributed by atoms with E-state index in [0.29, 0.717) is 38.4 Å². The first kappa shape index (κ1) is 16.4. The largest absolute Gasteiger partial charge is 0.396 e. The van der Waals surface area contributed by atoms with Crippen molar-refractivity contribution in [3.63, 3.8) is 0 Å². The molecule has 1 saturated carbocycles. The van der Waals surface area contributed by atoms with E-state index in [4.69, 9.17) is 4.74 Å². The van der Waals surface area contributed by atoms with Gasteiger partial charge >= 0.3 is 0 Å². The Morgan fingerprint density at radius 3 is 2.52 bits per heavy atom. The zero-order valence-electron chi connectivity index (χ0n) is 13.3. The molecule has 23 heavy (non-hydrogen) atoms. The molecule has 1 saturated heterocycles. The van der Waals surface area contributed by atoms with Crippen LogP contribution in [0.2, 0.25) is 0 Å². The van der Waals surface area contributed by atoms with Gasteiger partial charge in [0.05, 0.1) is 5.41 Å². The quantitative estimate of drug-likeness (QED) is 0.844. The standard InChI is InChI=1S/C18H24FNO3/c19-15-5-3-14(4-6-15)18(8-11-23-12-9-18)17(22)20-16(7-10-21)13-1-2-13/h3-6,13,16,21H,1-2,7-12H2,(H,20,22). The smallest absolute Gasteiger partial charge is 0.231 e. The molecule has 2 fully saturated rings. The molecule has 2 N–H and O–H groups in total. The van der Waals surface area contributed by atoms with Crippen LogP contribution in [-0.2, 0) is 14.9 Å². The van der Waals surface area contributed by atoms with Crippen LogP contribution in [0, 0.1) is 11.7 Å². The van der Waals surface area contributed by atoms with Crippen molar-refractivity contribution in [2.75, 3.05) is 19.8 Å². The average molecular weight is 321 g/mol. The van der Waals surface area contributed by atoms with Crippen molar-refractivity contribution in [3.8, 4) is 0 Å². The lowest BCUT2D eigenvalue weighted by Gasteiger charge is -2.37. The maximum absolute atomic E-state index is 13.3.